The smallest absolute Gasteiger partial charge is 0.326 e. The quantitative estimate of drug-likeness (QED) is 0.129. The van der Waals surface area contributed by atoms with Crippen molar-refractivity contribution in [3.8, 4) is 0 Å². The molecule has 3 atom stereocenters. The van der Waals surface area contributed by atoms with E-state index in [0.29, 0.717) is 19.4 Å². The number of amides is 4. The molecule has 36 heavy (non-hydrogen) atoms. The van der Waals surface area contributed by atoms with E-state index in [-0.39, 0.29) is 19.3 Å². The molecular formula is C23H33N7O6. The van der Waals surface area contributed by atoms with Crippen LogP contribution in [0.1, 0.15) is 31.2 Å². The maximum atomic E-state index is 13.1. The minimum atomic E-state index is -1.22. The van der Waals surface area contributed by atoms with Gasteiger partial charge in [-0.2, -0.15) is 0 Å². The maximum absolute atomic E-state index is 13.1. The third-order valence-corrected chi connectivity index (χ3v) is 5.49. The molecule has 0 saturated carbocycles. The van der Waals surface area contributed by atoms with Gasteiger partial charge < -0.3 is 43.2 Å². The van der Waals surface area contributed by atoms with Crippen LogP contribution < -0.4 is 33.2 Å². The highest BCUT2D eigenvalue weighted by Gasteiger charge is 2.27. The van der Waals surface area contributed by atoms with Crippen molar-refractivity contribution in [1.82, 2.24) is 20.9 Å². The van der Waals surface area contributed by atoms with Crippen molar-refractivity contribution >= 4 is 40.5 Å². The van der Waals surface area contributed by atoms with Gasteiger partial charge in [0, 0.05) is 23.5 Å². The van der Waals surface area contributed by atoms with Crippen LogP contribution in [-0.4, -0.2) is 70.9 Å². The molecule has 196 valence electrons. The Morgan fingerprint density at radius 3 is 2.39 bits per heavy atom. The number of carboxylic acid groups (broad SMARTS) is 1. The molecule has 0 aliphatic heterocycles. The van der Waals surface area contributed by atoms with Crippen molar-refractivity contribution in [2.45, 2.75) is 50.2 Å². The number of aromatic nitrogens is 1. The van der Waals surface area contributed by atoms with Gasteiger partial charge in [0.2, 0.25) is 23.6 Å². The van der Waals surface area contributed by atoms with Crippen LogP contribution in [-0.2, 0) is 30.4 Å². The van der Waals surface area contributed by atoms with E-state index in [2.05, 4.69) is 20.9 Å². The summed E-state index contributed by atoms with van der Waals surface area (Å²) in [4.78, 5) is 63.3. The third-order valence-electron chi connectivity index (χ3n) is 5.49. The van der Waals surface area contributed by atoms with Crippen LogP contribution in [0.2, 0.25) is 0 Å². The van der Waals surface area contributed by atoms with E-state index in [1.54, 1.807) is 6.20 Å². The molecule has 2 rings (SSSR count). The lowest BCUT2D eigenvalue weighted by Gasteiger charge is -2.22. The summed E-state index contributed by atoms with van der Waals surface area (Å²) < 4.78 is 0. The highest BCUT2D eigenvalue weighted by molar-refractivity contribution is 5.94. The van der Waals surface area contributed by atoms with Gasteiger partial charge in [-0.25, -0.2) is 4.79 Å². The van der Waals surface area contributed by atoms with E-state index >= 15 is 0 Å². The Balaban J connectivity index is 2.13. The van der Waals surface area contributed by atoms with Gasteiger partial charge in [-0.3, -0.25) is 19.2 Å². The summed E-state index contributed by atoms with van der Waals surface area (Å²) >= 11 is 0. The first-order chi connectivity index (χ1) is 17.1. The summed E-state index contributed by atoms with van der Waals surface area (Å²) in [6.07, 6.45) is 2.67. The highest BCUT2D eigenvalue weighted by atomic mass is 16.4. The number of hydrogen-bond donors (Lipinski definition) is 8. The fourth-order valence-electron chi connectivity index (χ4n) is 3.61. The summed E-state index contributed by atoms with van der Waals surface area (Å²) in [5.41, 5.74) is 17.6. The fraction of sp³-hybridized carbons (Fsp3) is 0.435. The summed E-state index contributed by atoms with van der Waals surface area (Å²) in [7, 11) is 0. The lowest BCUT2D eigenvalue weighted by Crippen LogP contribution is -2.54. The monoisotopic (exact) mass is 503 g/mol. The standard InChI is InChI=1S/C23H33N7O6/c24-8-4-3-7-17(23(35)36)30-22(34)18(9-13-11-27-16-6-2-1-5-14(13)16)29-20(32)12-28-21(33)15(25)10-19(26)31/h1-2,5-6,11,15,17-18,27H,3-4,7-10,12,24-25H2,(H2,26,31)(H,28,33)(H,29,32)(H,30,34)(H,35,36). The summed E-state index contributed by atoms with van der Waals surface area (Å²) in [6, 6.07) is 3.88. The zero-order valence-corrected chi connectivity index (χ0v) is 19.8. The zero-order valence-electron chi connectivity index (χ0n) is 19.8. The minimum Gasteiger partial charge on any atom is -0.480 e. The predicted molar refractivity (Wildman–Crippen MR) is 131 cm³/mol. The molecule has 0 fully saturated rings. The number of rotatable bonds is 15. The summed E-state index contributed by atoms with van der Waals surface area (Å²) in [5, 5.41) is 17.7. The van der Waals surface area contributed by atoms with E-state index in [1.807, 2.05) is 24.3 Å². The van der Waals surface area contributed by atoms with Crippen LogP contribution in [0.4, 0.5) is 0 Å². The second kappa shape index (κ2) is 13.8. The number of fused-ring (bicyclic) bond motifs is 1. The molecule has 1 heterocycles. The van der Waals surface area contributed by atoms with Crippen molar-refractivity contribution in [1.29, 1.82) is 0 Å². The molecule has 0 aliphatic carbocycles. The topological polar surface area (TPSA) is 236 Å². The van der Waals surface area contributed by atoms with Gasteiger partial charge in [0.25, 0.3) is 0 Å². The van der Waals surface area contributed by atoms with Crippen LogP contribution in [0.15, 0.2) is 30.5 Å². The Labute approximate surface area is 207 Å². The normalized spacial score (nSPS) is 13.4. The number of aromatic amines is 1. The summed E-state index contributed by atoms with van der Waals surface area (Å²) in [5.74, 6) is -4.12. The SMILES string of the molecule is NCCCCC(NC(=O)C(Cc1c[nH]c2ccccc12)NC(=O)CNC(=O)C(N)CC(N)=O)C(=O)O. The molecule has 1 aromatic heterocycles. The number of benzene rings is 1. The van der Waals surface area contributed by atoms with Crippen LogP contribution >= 0.6 is 0 Å². The second-order valence-corrected chi connectivity index (χ2v) is 8.36. The van der Waals surface area contributed by atoms with Crippen molar-refractivity contribution < 1.29 is 29.1 Å². The molecule has 1 aromatic carbocycles. The Kier molecular flexibility index (Phi) is 10.8. The number of unbranched alkanes of at least 4 members (excludes halogenated alkanes) is 1. The number of H-pyrrole nitrogens is 1. The largest absolute Gasteiger partial charge is 0.480 e. The van der Waals surface area contributed by atoms with E-state index in [9.17, 15) is 29.1 Å². The zero-order chi connectivity index (χ0) is 26.7. The maximum Gasteiger partial charge on any atom is 0.326 e. The van der Waals surface area contributed by atoms with Crippen LogP contribution in [0.3, 0.4) is 0 Å². The Morgan fingerprint density at radius 2 is 1.72 bits per heavy atom. The van der Waals surface area contributed by atoms with Gasteiger partial charge in [-0.05, 0) is 37.4 Å². The molecule has 0 saturated heterocycles. The number of carbonyl (C=O) groups is 5. The molecule has 0 spiro atoms. The molecule has 4 amide bonds. The van der Waals surface area contributed by atoms with Gasteiger partial charge in [0.05, 0.1) is 19.0 Å². The van der Waals surface area contributed by atoms with Crippen molar-refractivity contribution in [3.05, 3.63) is 36.0 Å². The molecular weight excluding hydrogens is 470 g/mol. The van der Waals surface area contributed by atoms with E-state index < -0.39 is 54.3 Å². The predicted octanol–water partition coefficient (Wildman–Crippen LogP) is -1.79. The van der Waals surface area contributed by atoms with Gasteiger partial charge in [0.1, 0.15) is 12.1 Å². The Morgan fingerprint density at radius 1 is 1.00 bits per heavy atom. The lowest BCUT2D eigenvalue weighted by molar-refractivity contribution is -0.142. The number of nitrogens with two attached hydrogens (primary N) is 3. The molecule has 3 unspecified atom stereocenters. The van der Waals surface area contributed by atoms with Crippen molar-refractivity contribution in [3.63, 3.8) is 0 Å². The number of aliphatic carboxylic acids is 1. The molecule has 0 radical (unpaired) electrons. The van der Waals surface area contributed by atoms with E-state index in [4.69, 9.17) is 17.2 Å². The molecule has 0 aliphatic rings. The number of carboxylic acids is 1. The molecule has 13 heteroatoms. The summed E-state index contributed by atoms with van der Waals surface area (Å²) in [6.45, 7) is -0.115. The molecule has 13 nitrogen and oxygen atoms in total. The molecule has 2 aromatic rings. The van der Waals surface area contributed by atoms with Gasteiger partial charge in [-0.15, -0.1) is 0 Å². The second-order valence-electron chi connectivity index (χ2n) is 8.36. The molecule has 0 bridgehead atoms. The highest BCUT2D eigenvalue weighted by Crippen LogP contribution is 2.19. The van der Waals surface area contributed by atoms with Crippen molar-refractivity contribution in [2.24, 2.45) is 17.2 Å². The van der Waals surface area contributed by atoms with Gasteiger partial charge >= 0.3 is 5.97 Å². The first-order valence-corrected chi connectivity index (χ1v) is 11.5. The Hall–Kier alpha value is -3.97. The molecule has 11 N–H and O–H groups in total. The lowest BCUT2D eigenvalue weighted by atomic mass is 10.0. The Bertz CT molecular complexity index is 1090. The first-order valence-electron chi connectivity index (χ1n) is 11.5. The number of para-hydroxylation sites is 1. The minimum absolute atomic E-state index is 0.0614. The average molecular weight is 504 g/mol. The van der Waals surface area contributed by atoms with Crippen LogP contribution in [0, 0.1) is 0 Å². The van der Waals surface area contributed by atoms with Gasteiger partial charge in [-0.1, -0.05) is 18.2 Å². The third kappa shape index (κ3) is 8.67. The van der Waals surface area contributed by atoms with Crippen LogP contribution in [0.5, 0.6) is 0 Å². The fourth-order valence-corrected chi connectivity index (χ4v) is 3.61. The van der Waals surface area contributed by atoms with Gasteiger partial charge in [0.15, 0.2) is 0 Å². The van der Waals surface area contributed by atoms with Crippen molar-refractivity contribution in [2.75, 3.05) is 13.1 Å². The average Bonchev–Trinajstić information content (AvgIpc) is 3.23. The van der Waals surface area contributed by atoms with E-state index in [0.717, 1.165) is 16.5 Å². The first kappa shape index (κ1) is 28.3. The van der Waals surface area contributed by atoms with E-state index in [1.165, 1.54) is 0 Å². The number of primary amides is 1. The number of nitrogens with one attached hydrogen (secondary N) is 4. The number of carbonyl (C=O) groups excluding carboxylic acids is 4. The number of hydrogen-bond acceptors (Lipinski definition) is 7. The van der Waals surface area contributed by atoms with Crippen LogP contribution in [0.25, 0.3) is 10.9 Å².